The van der Waals surface area contributed by atoms with Crippen molar-refractivity contribution < 1.29 is 56.3 Å². The van der Waals surface area contributed by atoms with E-state index >= 15 is 0 Å². The van der Waals surface area contributed by atoms with Crippen molar-refractivity contribution in [3.8, 4) is 11.5 Å². The number of hydrogen-bond donors (Lipinski definition) is 6. The minimum atomic E-state index is -3.58. The number of sulfonamides is 2. The van der Waals surface area contributed by atoms with Gasteiger partial charge in [0.2, 0.25) is 20.0 Å². The van der Waals surface area contributed by atoms with E-state index in [1.807, 2.05) is 36.4 Å². The first-order valence-corrected chi connectivity index (χ1v) is 35.9. The van der Waals surface area contributed by atoms with Crippen molar-refractivity contribution in [3.05, 3.63) is 141 Å². The molecule has 0 unspecified atom stereocenters. The number of nitrogens with two attached hydrogens (primary N) is 2. The number of halogens is 2. The molecule has 8 N–H and O–H groups in total. The Kier molecular flexibility index (Phi) is 19.7. The van der Waals surface area contributed by atoms with Gasteiger partial charge in [0.05, 0.1) is 58.4 Å². The largest absolute Gasteiger partial charge is 0.490 e. The predicted molar refractivity (Wildman–Crippen MR) is 344 cm³/mol. The first kappa shape index (κ1) is 64.4. The third-order valence-corrected chi connectivity index (χ3v) is 24.8. The van der Waals surface area contributed by atoms with Crippen LogP contribution in [0.3, 0.4) is 0 Å². The van der Waals surface area contributed by atoms with Crippen molar-refractivity contribution >= 4 is 66.6 Å². The van der Waals surface area contributed by atoms with E-state index in [1.54, 1.807) is 36.4 Å². The van der Waals surface area contributed by atoms with Crippen molar-refractivity contribution in [2.75, 3.05) is 49.2 Å². The first-order chi connectivity index (χ1) is 42.1. The van der Waals surface area contributed by atoms with Crippen LogP contribution in [0.1, 0.15) is 159 Å². The number of primary sulfonamides is 2. The summed E-state index contributed by atoms with van der Waals surface area (Å²) in [5, 5.41) is 53.5. The number of aliphatic hydroxyl groups is 2. The highest BCUT2D eigenvalue weighted by Gasteiger charge is 2.47. The average Bonchev–Trinajstić information content (AvgIpc) is 1.89. The number of carboxylic acid groups (broad SMARTS) is 2. The van der Waals surface area contributed by atoms with Gasteiger partial charge in [0.1, 0.15) is 11.5 Å². The van der Waals surface area contributed by atoms with Gasteiger partial charge in [-0.05, 0) is 221 Å². The molecule has 88 heavy (non-hydrogen) atoms. The standard InChI is InChI=1S/2C34H43ClN2O6S/c2*35-26-12-14-28-23(17-26)7-4-16-34(28)20-37(29-18-24(33(39)40)11-15-31(29)43-21-34)19-25-10-13-27(25)30(38)8-3-6-22-5-1-2-9-32(22)44(36,41)42/h2*3,8,11-12,14-15,17-18,22,25,27,30,32,38H,1-2,4-7,9-10,13,16,19-21H2,(H,39,40)(H2,36,41,42)/b2*8-3+/t22-,25+,27-,30+,32+,34+;22-,25-,27+,30-,32+,34-/m10/s1. The van der Waals surface area contributed by atoms with Crippen molar-refractivity contribution in [2.24, 2.45) is 45.8 Å². The molecule has 12 atom stereocenters. The number of carboxylic acids is 2. The van der Waals surface area contributed by atoms with Crippen molar-refractivity contribution in [3.63, 3.8) is 0 Å². The SMILES string of the molecule is NS(=O)(=O)[C@@H]1CCCC[C@H]1C/C=C/[C@H](O)[C@@H]1CC[C@H]1CN1C[C@@]2(CCCc3cc(Cl)ccc32)COc2ccc(C(=O)O)cc21.NS(=O)(=O)[C@H]1CCCC[C@@H]1C/C=C/[C@H](O)[C@@H]1CC[C@H]1CN1C[C@@]2(CCCc3cc(Cl)ccc32)COc2ccc(C(=O)O)cc21. The summed E-state index contributed by atoms with van der Waals surface area (Å²) >= 11 is 12.7. The molecule has 0 bridgehead atoms. The topological polar surface area (TPSA) is 260 Å². The van der Waals surface area contributed by atoms with E-state index < -0.39 is 54.7 Å². The number of allylic oxidation sites excluding steroid dienone is 2. The molecule has 0 aromatic heterocycles. The normalized spacial score (nSPS) is 29.3. The Balaban J connectivity index is 0.000000182. The minimum absolute atomic E-state index is 0.0131. The summed E-state index contributed by atoms with van der Waals surface area (Å²) in [4.78, 5) is 28.5. The van der Waals surface area contributed by atoms with E-state index in [9.17, 15) is 46.9 Å². The molecule has 4 saturated carbocycles. The van der Waals surface area contributed by atoms with Crippen molar-refractivity contribution in [1.29, 1.82) is 0 Å². The monoisotopic (exact) mass is 1280 g/mol. The highest BCUT2D eigenvalue weighted by atomic mass is 35.5. The van der Waals surface area contributed by atoms with Crippen LogP contribution in [-0.4, -0.2) is 111 Å². The number of hydrogen-bond acceptors (Lipinski definition) is 12. The lowest BCUT2D eigenvalue weighted by Gasteiger charge is -2.45. The van der Waals surface area contributed by atoms with E-state index in [2.05, 4.69) is 34.1 Å². The Bertz CT molecular complexity index is 3290. The van der Waals surface area contributed by atoms with Gasteiger partial charge in [-0.25, -0.2) is 36.7 Å². The second kappa shape index (κ2) is 27.0. The van der Waals surface area contributed by atoms with Gasteiger partial charge in [-0.1, -0.05) is 85.3 Å². The molecule has 20 heteroatoms. The molecule has 2 aliphatic heterocycles. The number of aliphatic hydroxyl groups excluding tert-OH is 2. The van der Waals surface area contributed by atoms with E-state index in [4.69, 9.17) is 43.0 Å². The zero-order valence-electron chi connectivity index (χ0n) is 50.1. The van der Waals surface area contributed by atoms with Crippen LogP contribution in [0.2, 0.25) is 10.0 Å². The fraction of sp³-hybridized carbons (Fsp3) is 0.559. The quantitative estimate of drug-likeness (QED) is 0.0570. The molecular weight excluding hydrogens is 1200 g/mol. The predicted octanol–water partition coefficient (Wildman–Crippen LogP) is 11.4. The highest BCUT2D eigenvalue weighted by Crippen LogP contribution is 2.50. The molecule has 4 fully saturated rings. The Morgan fingerprint density at radius 3 is 1.34 bits per heavy atom. The number of ether oxygens (including phenoxy) is 2. The smallest absolute Gasteiger partial charge is 0.335 e. The van der Waals surface area contributed by atoms with Crippen LogP contribution in [0, 0.1) is 35.5 Å². The summed E-state index contributed by atoms with van der Waals surface area (Å²) in [5.41, 5.74) is 6.46. The number of aryl methyl sites for hydroxylation is 2. The van der Waals surface area contributed by atoms with Crippen LogP contribution >= 0.6 is 23.2 Å². The number of aromatic carboxylic acids is 2. The number of nitrogens with zero attached hydrogens (tertiary/aromatic N) is 2. The van der Waals surface area contributed by atoms with Crippen LogP contribution in [-0.2, 0) is 43.7 Å². The van der Waals surface area contributed by atoms with Gasteiger partial charge < -0.3 is 39.7 Å². The number of carbonyl (C=O) groups is 2. The Hall–Kier alpha value is -5.18. The Labute approximate surface area is 528 Å². The maximum Gasteiger partial charge on any atom is 0.335 e. The number of rotatable bonds is 16. The zero-order valence-corrected chi connectivity index (χ0v) is 53.2. The van der Waals surface area contributed by atoms with Crippen LogP contribution in [0.4, 0.5) is 11.4 Å². The van der Waals surface area contributed by atoms with E-state index in [1.165, 1.54) is 22.3 Å². The molecule has 0 saturated heterocycles. The third kappa shape index (κ3) is 14.1. The van der Waals surface area contributed by atoms with Crippen LogP contribution < -0.4 is 29.6 Å². The number of fused-ring (bicyclic) bond motifs is 6. The van der Waals surface area contributed by atoms with Crippen molar-refractivity contribution in [1.82, 2.24) is 0 Å². The lowest BCUT2D eigenvalue weighted by molar-refractivity contribution is 0.0454. The fourth-order valence-electron chi connectivity index (χ4n) is 16.4. The van der Waals surface area contributed by atoms with Crippen molar-refractivity contribution in [2.45, 2.75) is 162 Å². The van der Waals surface area contributed by atoms with Gasteiger partial charge in [-0.3, -0.25) is 0 Å². The molecule has 2 heterocycles. The summed E-state index contributed by atoms with van der Waals surface area (Å²) in [7, 11) is -7.17. The summed E-state index contributed by atoms with van der Waals surface area (Å²) < 4.78 is 61.4. The number of benzene rings is 4. The second-order valence-electron chi connectivity index (χ2n) is 26.8. The highest BCUT2D eigenvalue weighted by molar-refractivity contribution is 7.90. The Morgan fingerprint density at radius 2 is 0.966 bits per heavy atom. The molecular formula is C68H86Cl2N4O12S2. The van der Waals surface area contributed by atoms with Gasteiger partial charge in [-0.15, -0.1) is 0 Å². The maximum absolute atomic E-state index is 12.1. The van der Waals surface area contributed by atoms with Gasteiger partial charge in [0, 0.05) is 47.1 Å². The van der Waals surface area contributed by atoms with Crippen LogP contribution in [0.15, 0.2) is 97.1 Å². The zero-order chi connectivity index (χ0) is 62.1. The van der Waals surface area contributed by atoms with E-state index in [0.29, 0.717) is 76.6 Å². The molecule has 476 valence electrons. The van der Waals surface area contributed by atoms with Gasteiger partial charge in [0.15, 0.2) is 0 Å². The molecule has 4 aromatic rings. The molecule has 6 aliphatic carbocycles. The molecule has 2 spiro atoms. The van der Waals surface area contributed by atoms with E-state index in [-0.39, 0.29) is 57.5 Å². The van der Waals surface area contributed by atoms with Gasteiger partial charge >= 0.3 is 11.9 Å². The summed E-state index contributed by atoms with van der Waals surface area (Å²) in [6.45, 7) is 3.72. The van der Waals surface area contributed by atoms with Crippen LogP contribution in [0.5, 0.6) is 11.5 Å². The van der Waals surface area contributed by atoms with E-state index in [0.717, 1.165) is 124 Å². The molecule has 8 aliphatic rings. The third-order valence-electron chi connectivity index (χ3n) is 21.4. The molecule has 4 aromatic carbocycles. The fourth-order valence-corrected chi connectivity index (χ4v) is 19.4. The first-order valence-electron chi connectivity index (χ1n) is 31.9. The van der Waals surface area contributed by atoms with Gasteiger partial charge in [0.25, 0.3) is 0 Å². The minimum Gasteiger partial charge on any atom is -0.490 e. The lowest BCUT2D eigenvalue weighted by Crippen LogP contribution is -2.49. The summed E-state index contributed by atoms with van der Waals surface area (Å²) in [5.74, 6) is -0.0598. The molecule has 0 amide bonds. The molecule has 12 rings (SSSR count). The second-order valence-corrected chi connectivity index (χ2v) is 31.3. The van der Waals surface area contributed by atoms with Crippen LogP contribution in [0.25, 0.3) is 0 Å². The maximum atomic E-state index is 12.1. The Morgan fingerprint density at radius 1 is 0.557 bits per heavy atom. The average molecular weight is 1290 g/mol. The summed E-state index contributed by atoms with van der Waals surface area (Å²) in [6, 6.07) is 22.4. The molecule has 0 radical (unpaired) electrons. The lowest BCUT2D eigenvalue weighted by atomic mass is 9.68. The molecule has 16 nitrogen and oxygen atoms in total. The summed E-state index contributed by atoms with van der Waals surface area (Å²) in [6.07, 6.45) is 23.8. The van der Waals surface area contributed by atoms with Gasteiger partial charge in [-0.2, -0.15) is 0 Å². The number of anilines is 2.